The molecule has 15 heavy (non-hydrogen) atoms. The lowest BCUT2D eigenvalue weighted by atomic mass is 9.69. The number of nitrogens with two attached hydrogens (primary N) is 1. The van der Waals surface area contributed by atoms with Gasteiger partial charge in [0.15, 0.2) is 0 Å². The fraction of sp³-hybridized carbons (Fsp3) is 1.00. The molecule has 0 radical (unpaired) electrons. The quantitative estimate of drug-likeness (QED) is 0.666. The summed E-state index contributed by atoms with van der Waals surface area (Å²) >= 11 is 0. The highest BCUT2D eigenvalue weighted by Gasteiger charge is 2.37. The van der Waals surface area contributed by atoms with Crippen LogP contribution in [0.5, 0.6) is 0 Å². The van der Waals surface area contributed by atoms with Crippen molar-refractivity contribution in [2.24, 2.45) is 11.1 Å². The summed E-state index contributed by atoms with van der Waals surface area (Å²) in [6.07, 6.45) is 10.6. The lowest BCUT2D eigenvalue weighted by Gasteiger charge is -2.41. The SMILES string of the molecule is CCCCCCC1(CN)CCCCC1O. The maximum Gasteiger partial charge on any atom is 0.0608 e. The van der Waals surface area contributed by atoms with Gasteiger partial charge in [0.05, 0.1) is 6.10 Å². The van der Waals surface area contributed by atoms with Crippen molar-refractivity contribution in [2.75, 3.05) is 6.54 Å². The van der Waals surface area contributed by atoms with E-state index in [1.807, 2.05) is 0 Å². The first kappa shape index (κ1) is 13.0. The number of aliphatic hydroxyl groups excluding tert-OH is 1. The second-order valence-electron chi connectivity index (χ2n) is 5.14. The molecule has 1 saturated carbocycles. The molecule has 0 saturated heterocycles. The second-order valence-corrected chi connectivity index (χ2v) is 5.14. The summed E-state index contributed by atoms with van der Waals surface area (Å²) in [7, 11) is 0. The minimum absolute atomic E-state index is 0.0615. The van der Waals surface area contributed by atoms with E-state index in [0.717, 1.165) is 19.3 Å². The molecular formula is C13H27NO. The molecule has 0 aromatic heterocycles. The second kappa shape index (κ2) is 6.49. The van der Waals surface area contributed by atoms with E-state index in [0.29, 0.717) is 6.54 Å². The molecule has 0 aromatic carbocycles. The average molecular weight is 213 g/mol. The van der Waals surface area contributed by atoms with Crippen molar-refractivity contribution in [3.63, 3.8) is 0 Å². The van der Waals surface area contributed by atoms with Crippen molar-refractivity contribution in [1.29, 1.82) is 0 Å². The van der Waals surface area contributed by atoms with E-state index in [-0.39, 0.29) is 11.5 Å². The Morgan fingerprint density at radius 1 is 1.27 bits per heavy atom. The Kier molecular flexibility index (Phi) is 5.62. The fourth-order valence-corrected chi connectivity index (χ4v) is 2.82. The highest BCUT2D eigenvalue weighted by atomic mass is 16.3. The number of hydrogen-bond acceptors (Lipinski definition) is 2. The first-order valence-corrected chi connectivity index (χ1v) is 6.63. The third kappa shape index (κ3) is 3.46. The van der Waals surface area contributed by atoms with Crippen LogP contribution in [0.4, 0.5) is 0 Å². The third-order valence-corrected chi connectivity index (χ3v) is 4.04. The lowest BCUT2D eigenvalue weighted by Crippen LogP contribution is -2.44. The molecule has 0 aromatic rings. The molecule has 0 amide bonds. The zero-order valence-corrected chi connectivity index (χ0v) is 10.2. The van der Waals surface area contributed by atoms with Crippen molar-refractivity contribution in [3.8, 4) is 0 Å². The van der Waals surface area contributed by atoms with Gasteiger partial charge in [-0.2, -0.15) is 0 Å². The predicted molar refractivity (Wildman–Crippen MR) is 64.7 cm³/mol. The molecule has 0 spiro atoms. The van der Waals surface area contributed by atoms with Crippen LogP contribution in [0.2, 0.25) is 0 Å². The molecule has 2 heteroatoms. The Bertz CT molecular complexity index is 172. The van der Waals surface area contributed by atoms with E-state index >= 15 is 0 Å². The molecule has 0 bridgehead atoms. The highest BCUT2D eigenvalue weighted by molar-refractivity contribution is 4.90. The first-order valence-electron chi connectivity index (χ1n) is 6.63. The number of aliphatic hydroxyl groups is 1. The maximum absolute atomic E-state index is 10.1. The molecule has 90 valence electrons. The van der Waals surface area contributed by atoms with Crippen LogP contribution in [-0.4, -0.2) is 17.8 Å². The molecule has 2 nitrogen and oxygen atoms in total. The first-order chi connectivity index (χ1) is 7.25. The Hall–Kier alpha value is -0.0800. The monoisotopic (exact) mass is 213 g/mol. The van der Waals surface area contributed by atoms with Gasteiger partial charge in [0.2, 0.25) is 0 Å². The van der Waals surface area contributed by atoms with Gasteiger partial charge in [0.25, 0.3) is 0 Å². The number of rotatable bonds is 6. The molecule has 2 unspecified atom stereocenters. The van der Waals surface area contributed by atoms with Gasteiger partial charge in [0.1, 0.15) is 0 Å². The van der Waals surface area contributed by atoms with Crippen molar-refractivity contribution < 1.29 is 5.11 Å². The van der Waals surface area contributed by atoms with E-state index in [4.69, 9.17) is 5.73 Å². The van der Waals surface area contributed by atoms with Crippen LogP contribution in [0.15, 0.2) is 0 Å². The summed E-state index contributed by atoms with van der Waals surface area (Å²) < 4.78 is 0. The summed E-state index contributed by atoms with van der Waals surface area (Å²) in [5, 5.41) is 10.1. The van der Waals surface area contributed by atoms with Crippen molar-refractivity contribution >= 4 is 0 Å². The largest absolute Gasteiger partial charge is 0.393 e. The summed E-state index contributed by atoms with van der Waals surface area (Å²) in [6.45, 7) is 2.90. The van der Waals surface area contributed by atoms with E-state index in [9.17, 15) is 5.11 Å². The normalized spacial score (nSPS) is 31.8. The molecular weight excluding hydrogens is 186 g/mol. The number of unbranched alkanes of at least 4 members (excludes halogenated alkanes) is 3. The van der Waals surface area contributed by atoms with Crippen LogP contribution >= 0.6 is 0 Å². The van der Waals surface area contributed by atoms with Crippen LogP contribution in [0.3, 0.4) is 0 Å². The molecule has 1 rings (SSSR count). The van der Waals surface area contributed by atoms with Crippen molar-refractivity contribution in [3.05, 3.63) is 0 Å². The van der Waals surface area contributed by atoms with Gasteiger partial charge in [-0.1, -0.05) is 45.4 Å². The van der Waals surface area contributed by atoms with Gasteiger partial charge in [-0.25, -0.2) is 0 Å². The maximum atomic E-state index is 10.1. The Morgan fingerprint density at radius 2 is 2.07 bits per heavy atom. The standard InChI is InChI=1S/C13H27NO/c1-2-3-4-6-9-13(11-14)10-7-5-8-12(13)15/h12,15H,2-11,14H2,1H3. The zero-order valence-electron chi connectivity index (χ0n) is 10.2. The van der Waals surface area contributed by atoms with Gasteiger partial charge in [-0.3, -0.25) is 0 Å². The fourth-order valence-electron chi connectivity index (χ4n) is 2.82. The third-order valence-electron chi connectivity index (χ3n) is 4.04. The summed E-state index contributed by atoms with van der Waals surface area (Å²) in [5.74, 6) is 0. The minimum Gasteiger partial charge on any atom is -0.393 e. The van der Waals surface area contributed by atoms with Gasteiger partial charge < -0.3 is 10.8 Å². The summed E-state index contributed by atoms with van der Waals surface area (Å²) in [5.41, 5.74) is 5.94. The summed E-state index contributed by atoms with van der Waals surface area (Å²) in [6, 6.07) is 0. The van der Waals surface area contributed by atoms with Crippen LogP contribution in [-0.2, 0) is 0 Å². The van der Waals surface area contributed by atoms with E-state index in [2.05, 4.69) is 6.92 Å². The Balaban J connectivity index is 2.37. The molecule has 0 heterocycles. The Morgan fingerprint density at radius 3 is 2.67 bits per heavy atom. The van der Waals surface area contributed by atoms with E-state index in [1.54, 1.807) is 0 Å². The van der Waals surface area contributed by atoms with Crippen LogP contribution in [0.25, 0.3) is 0 Å². The van der Waals surface area contributed by atoms with Crippen molar-refractivity contribution in [2.45, 2.75) is 70.8 Å². The predicted octanol–water partition coefficient (Wildman–Crippen LogP) is 2.84. The van der Waals surface area contributed by atoms with Crippen LogP contribution < -0.4 is 5.73 Å². The molecule has 0 aliphatic heterocycles. The zero-order chi connectivity index (χ0) is 11.1. The molecule has 1 fully saturated rings. The topological polar surface area (TPSA) is 46.2 Å². The average Bonchev–Trinajstić information content (AvgIpc) is 2.27. The summed E-state index contributed by atoms with van der Waals surface area (Å²) in [4.78, 5) is 0. The van der Waals surface area contributed by atoms with E-state index < -0.39 is 0 Å². The Labute approximate surface area is 94.2 Å². The lowest BCUT2D eigenvalue weighted by molar-refractivity contribution is -0.0133. The highest BCUT2D eigenvalue weighted by Crippen LogP contribution is 2.40. The molecule has 2 atom stereocenters. The van der Waals surface area contributed by atoms with Gasteiger partial charge in [0, 0.05) is 12.0 Å². The molecule has 1 aliphatic carbocycles. The van der Waals surface area contributed by atoms with Gasteiger partial charge >= 0.3 is 0 Å². The van der Waals surface area contributed by atoms with E-state index in [1.165, 1.54) is 38.5 Å². The smallest absolute Gasteiger partial charge is 0.0608 e. The van der Waals surface area contributed by atoms with Gasteiger partial charge in [-0.05, 0) is 19.3 Å². The molecule has 1 aliphatic rings. The number of hydrogen-bond donors (Lipinski definition) is 2. The van der Waals surface area contributed by atoms with Crippen LogP contribution in [0.1, 0.15) is 64.7 Å². The molecule has 3 N–H and O–H groups in total. The van der Waals surface area contributed by atoms with Crippen molar-refractivity contribution in [1.82, 2.24) is 0 Å². The minimum atomic E-state index is -0.141. The van der Waals surface area contributed by atoms with Gasteiger partial charge in [-0.15, -0.1) is 0 Å². The van der Waals surface area contributed by atoms with Crippen LogP contribution in [0, 0.1) is 5.41 Å².